The number of thiophene rings is 1. The van der Waals surface area contributed by atoms with Gasteiger partial charge in [-0.25, -0.2) is 4.79 Å². The van der Waals surface area contributed by atoms with E-state index in [1.807, 2.05) is 42.0 Å². The minimum atomic E-state index is -0.329. The zero-order chi connectivity index (χ0) is 17.8. The number of rotatable bonds is 4. The molecule has 1 aromatic heterocycles. The molecule has 1 aromatic carbocycles. The van der Waals surface area contributed by atoms with Gasteiger partial charge in [-0.3, -0.25) is 4.90 Å². The summed E-state index contributed by atoms with van der Waals surface area (Å²) in [5.74, 6) is 1.34. The van der Waals surface area contributed by atoms with Crippen LogP contribution in [-0.2, 0) is 11.2 Å². The molecule has 0 N–H and O–H groups in total. The normalized spacial score (nSPS) is 15.0. The first-order valence-electron chi connectivity index (χ1n) is 8.11. The molecular weight excluding hydrogens is 338 g/mol. The SMILES string of the molecule is CCOC(=O)N1CCc2cc(OC)c(OC)cc2C1=Cc1ccsc1. The van der Waals surface area contributed by atoms with Gasteiger partial charge >= 0.3 is 6.09 Å². The van der Waals surface area contributed by atoms with Crippen LogP contribution in [0, 0.1) is 0 Å². The van der Waals surface area contributed by atoms with Crippen molar-refractivity contribution in [1.82, 2.24) is 4.90 Å². The minimum Gasteiger partial charge on any atom is -0.493 e. The van der Waals surface area contributed by atoms with Crippen LogP contribution in [0.15, 0.2) is 29.0 Å². The van der Waals surface area contributed by atoms with E-state index in [0.29, 0.717) is 24.7 Å². The Bertz CT molecular complexity index is 783. The molecule has 0 unspecified atom stereocenters. The molecule has 0 saturated carbocycles. The first-order chi connectivity index (χ1) is 12.2. The number of carbonyl (C=O) groups is 1. The summed E-state index contributed by atoms with van der Waals surface area (Å²) >= 11 is 1.62. The highest BCUT2D eigenvalue weighted by atomic mass is 32.1. The van der Waals surface area contributed by atoms with Crippen LogP contribution in [0.3, 0.4) is 0 Å². The molecule has 3 rings (SSSR count). The number of benzene rings is 1. The number of methoxy groups -OCH3 is 2. The van der Waals surface area contributed by atoms with Crippen LogP contribution in [0.2, 0.25) is 0 Å². The lowest BCUT2D eigenvalue weighted by Gasteiger charge is -2.31. The fourth-order valence-electron chi connectivity index (χ4n) is 2.93. The Labute approximate surface area is 151 Å². The van der Waals surface area contributed by atoms with Gasteiger partial charge in [-0.1, -0.05) is 0 Å². The van der Waals surface area contributed by atoms with Crippen LogP contribution >= 0.6 is 11.3 Å². The van der Waals surface area contributed by atoms with Crippen LogP contribution in [-0.4, -0.2) is 38.4 Å². The Kier molecular flexibility index (Phi) is 5.28. The molecular formula is C19H21NO4S. The lowest BCUT2D eigenvalue weighted by molar-refractivity contribution is 0.125. The molecule has 0 bridgehead atoms. The number of amides is 1. The summed E-state index contributed by atoms with van der Waals surface area (Å²) in [4.78, 5) is 14.1. The van der Waals surface area contributed by atoms with Crippen molar-refractivity contribution in [2.75, 3.05) is 27.4 Å². The van der Waals surface area contributed by atoms with Gasteiger partial charge < -0.3 is 14.2 Å². The summed E-state index contributed by atoms with van der Waals surface area (Å²) in [5, 5.41) is 4.06. The molecule has 0 spiro atoms. The van der Waals surface area contributed by atoms with E-state index in [0.717, 1.165) is 28.8 Å². The summed E-state index contributed by atoms with van der Waals surface area (Å²) in [6, 6.07) is 5.94. The van der Waals surface area contributed by atoms with Gasteiger partial charge in [0.1, 0.15) is 0 Å². The fraction of sp³-hybridized carbons (Fsp3) is 0.316. The van der Waals surface area contributed by atoms with E-state index in [1.165, 1.54) is 0 Å². The number of carbonyl (C=O) groups excluding carboxylic acids is 1. The molecule has 25 heavy (non-hydrogen) atoms. The number of ether oxygens (including phenoxy) is 3. The molecule has 6 heteroatoms. The Hall–Kier alpha value is -2.47. The molecule has 132 valence electrons. The molecule has 2 aromatic rings. The molecule has 0 saturated heterocycles. The third-order valence-electron chi connectivity index (χ3n) is 4.12. The highest BCUT2D eigenvalue weighted by molar-refractivity contribution is 7.08. The lowest BCUT2D eigenvalue weighted by Crippen LogP contribution is -2.35. The molecule has 0 radical (unpaired) electrons. The van der Waals surface area contributed by atoms with Crippen molar-refractivity contribution >= 4 is 29.2 Å². The van der Waals surface area contributed by atoms with Crippen molar-refractivity contribution in [2.24, 2.45) is 0 Å². The zero-order valence-electron chi connectivity index (χ0n) is 14.6. The highest BCUT2D eigenvalue weighted by Gasteiger charge is 2.28. The second kappa shape index (κ2) is 7.61. The maximum atomic E-state index is 12.4. The Morgan fingerprint density at radius 1 is 1.28 bits per heavy atom. The average Bonchev–Trinajstić information content (AvgIpc) is 3.14. The van der Waals surface area contributed by atoms with Gasteiger partial charge in [-0.2, -0.15) is 11.3 Å². The quantitative estimate of drug-likeness (QED) is 0.818. The van der Waals surface area contributed by atoms with Gasteiger partial charge in [-0.05, 0) is 59.5 Å². The molecule has 5 nitrogen and oxygen atoms in total. The van der Waals surface area contributed by atoms with E-state index >= 15 is 0 Å². The van der Waals surface area contributed by atoms with Crippen molar-refractivity contribution in [2.45, 2.75) is 13.3 Å². The minimum absolute atomic E-state index is 0.329. The second-order valence-corrected chi connectivity index (χ2v) is 6.33. The van der Waals surface area contributed by atoms with Crippen molar-refractivity contribution in [1.29, 1.82) is 0 Å². The summed E-state index contributed by atoms with van der Waals surface area (Å²) in [5.41, 5.74) is 3.96. The van der Waals surface area contributed by atoms with Gasteiger partial charge in [0.2, 0.25) is 0 Å². The molecule has 0 aliphatic carbocycles. The number of fused-ring (bicyclic) bond motifs is 1. The van der Waals surface area contributed by atoms with Crippen molar-refractivity contribution in [3.8, 4) is 11.5 Å². The molecule has 0 fully saturated rings. The lowest BCUT2D eigenvalue weighted by atomic mass is 9.95. The van der Waals surface area contributed by atoms with Crippen molar-refractivity contribution in [3.63, 3.8) is 0 Å². The first-order valence-corrected chi connectivity index (χ1v) is 9.05. The topological polar surface area (TPSA) is 48.0 Å². The van der Waals surface area contributed by atoms with Crippen LogP contribution in [0.25, 0.3) is 11.8 Å². The predicted molar refractivity (Wildman–Crippen MR) is 99.2 cm³/mol. The Morgan fingerprint density at radius 2 is 2.04 bits per heavy atom. The monoisotopic (exact) mass is 359 g/mol. The third-order valence-corrected chi connectivity index (χ3v) is 4.82. The Morgan fingerprint density at radius 3 is 2.68 bits per heavy atom. The first kappa shape index (κ1) is 17.4. The Balaban J connectivity index is 2.12. The van der Waals surface area contributed by atoms with E-state index in [4.69, 9.17) is 14.2 Å². The molecule has 0 atom stereocenters. The largest absolute Gasteiger partial charge is 0.493 e. The fourth-order valence-corrected chi connectivity index (χ4v) is 3.54. The van der Waals surface area contributed by atoms with E-state index in [2.05, 4.69) is 0 Å². The zero-order valence-corrected chi connectivity index (χ0v) is 15.4. The summed E-state index contributed by atoms with van der Waals surface area (Å²) in [7, 11) is 3.23. The number of hydrogen-bond acceptors (Lipinski definition) is 5. The standard InChI is InChI=1S/C19H21NO4S/c1-4-24-19(21)20-7-5-14-10-17(22-2)18(23-3)11-15(14)16(20)9-13-6-8-25-12-13/h6,8-12H,4-5,7H2,1-3H3. The maximum absolute atomic E-state index is 12.4. The summed E-state index contributed by atoms with van der Waals surface area (Å²) in [6.45, 7) is 2.73. The second-order valence-electron chi connectivity index (χ2n) is 5.55. The van der Waals surface area contributed by atoms with Crippen molar-refractivity contribution < 1.29 is 19.0 Å². The van der Waals surface area contributed by atoms with Gasteiger partial charge in [0, 0.05) is 12.1 Å². The van der Waals surface area contributed by atoms with Gasteiger partial charge in [0.25, 0.3) is 0 Å². The maximum Gasteiger partial charge on any atom is 0.414 e. The van der Waals surface area contributed by atoms with Gasteiger partial charge in [-0.15, -0.1) is 0 Å². The highest BCUT2D eigenvalue weighted by Crippen LogP contribution is 2.38. The molecule has 1 aliphatic heterocycles. The van der Waals surface area contributed by atoms with E-state index < -0.39 is 0 Å². The summed E-state index contributed by atoms with van der Waals surface area (Å²) < 4.78 is 16.1. The molecule has 1 amide bonds. The molecule has 1 aliphatic rings. The van der Waals surface area contributed by atoms with E-state index in [1.54, 1.807) is 30.5 Å². The number of nitrogens with zero attached hydrogens (tertiary/aromatic N) is 1. The van der Waals surface area contributed by atoms with Crippen LogP contribution in [0.1, 0.15) is 23.6 Å². The van der Waals surface area contributed by atoms with Crippen LogP contribution in [0.4, 0.5) is 4.79 Å². The molecule has 2 heterocycles. The third kappa shape index (κ3) is 3.49. The number of hydrogen-bond donors (Lipinski definition) is 0. The van der Waals surface area contributed by atoms with Gasteiger partial charge in [0.15, 0.2) is 11.5 Å². The van der Waals surface area contributed by atoms with E-state index in [-0.39, 0.29) is 6.09 Å². The van der Waals surface area contributed by atoms with E-state index in [9.17, 15) is 4.79 Å². The van der Waals surface area contributed by atoms with Gasteiger partial charge in [0.05, 0.1) is 26.5 Å². The van der Waals surface area contributed by atoms with Crippen LogP contribution in [0.5, 0.6) is 11.5 Å². The predicted octanol–water partition coefficient (Wildman–Crippen LogP) is 4.28. The summed E-state index contributed by atoms with van der Waals surface area (Å²) in [6.07, 6.45) is 2.41. The smallest absolute Gasteiger partial charge is 0.414 e. The van der Waals surface area contributed by atoms with Crippen molar-refractivity contribution in [3.05, 3.63) is 45.6 Å². The average molecular weight is 359 g/mol. The van der Waals surface area contributed by atoms with Crippen LogP contribution < -0.4 is 9.47 Å².